The Balaban J connectivity index is 1.79. The summed E-state index contributed by atoms with van der Waals surface area (Å²) in [5.41, 5.74) is 1.08. The number of benzene rings is 1. The number of hydrogen-bond acceptors (Lipinski definition) is 4. The third kappa shape index (κ3) is 4.27. The minimum absolute atomic E-state index is 0.0158. The zero-order chi connectivity index (χ0) is 17.6. The van der Waals surface area contributed by atoms with Crippen molar-refractivity contribution >= 4 is 5.91 Å². The zero-order valence-corrected chi connectivity index (χ0v) is 15.3. The Morgan fingerprint density at radius 1 is 1.12 bits per heavy atom. The summed E-state index contributed by atoms with van der Waals surface area (Å²) in [4.78, 5) is 15.2. The SMILES string of the molecule is COc1ccc(CN(C(=O)[C@@H]2CCOC2)C2CCCCC2)cc1OC. The van der Waals surface area contributed by atoms with Crippen molar-refractivity contribution in [2.75, 3.05) is 27.4 Å². The van der Waals surface area contributed by atoms with Gasteiger partial charge in [-0.2, -0.15) is 0 Å². The van der Waals surface area contributed by atoms with Crippen LogP contribution in [0.15, 0.2) is 18.2 Å². The van der Waals surface area contributed by atoms with E-state index in [-0.39, 0.29) is 11.8 Å². The number of rotatable bonds is 6. The fourth-order valence-electron chi connectivity index (χ4n) is 3.92. The molecule has 1 aliphatic heterocycles. The molecule has 0 spiro atoms. The lowest BCUT2D eigenvalue weighted by Gasteiger charge is -2.36. The summed E-state index contributed by atoms with van der Waals surface area (Å²) in [6.45, 7) is 1.89. The van der Waals surface area contributed by atoms with Crippen LogP contribution in [0.25, 0.3) is 0 Å². The van der Waals surface area contributed by atoms with E-state index in [0.29, 0.717) is 37.3 Å². The van der Waals surface area contributed by atoms with Gasteiger partial charge in [0, 0.05) is 19.2 Å². The first kappa shape index (κ1) is 18.1. The molecule has 0 unspecified atom stereocenters. The summed E-state index contributed by atoms with van der Waals surface area (Å²) in [7, 11) is 3.27. The smallest absolute Gasteiger partial charge is 0.228 e. The van der Waals surface area contributed by atoms with Crippen molar-refractivity contribution in [1.29, 1.82) is 0 Å². The van der Waals surface area contributed by atoms with Crippen LogP contribution in [0.5, 0.6) is 11.5 Å². The Hall–Kier alpha value is -1.75. The molecule has 5 heteroatoms. The summed E-state index contributed by atoms with van der Waals surface area (Å²) in [6, 6.07) is 6.26. The molecule has 1 atom stereocenters. The van der Waals surface area contributed by atoms with Gasteiger partial charge in [-0.15, -0.1) is 0 Å². The second-order valence-corrected chi connectivity index (χ2v) is 7.01. The minimum atomic E-state index is 0.0158. The van der Waals surface area contributed by atoms with Crippen LogP contribution in [0.3, 0.4) is 0 Å². The Bertz CT molecular complexity index is 577. The average molecular weight is 347 g/mol. The second-order valence-electron chi connectivity index (χ2n) is 7.01. The monoisotopic (exact) mass is 347 g/mol. The first-order chi connectivity index (χ1) is 12.2. The number of methoxy groups -OCH3 is 2. The number of ether oxygens (including phenoxy) is 3. The molecule has 2 aliphatic rings. The lowest BCUT2D eigenvalue weighted by Crippen LogP contribution is -2.44. The van der Waals surface area contributed by atoms with E-state index in [1.807, 2.05) is 18.2 Å². The van der Waals surface area contributed by atoms with E-state index in [9.17, 15) is 4.79 Å². The zero-order valence-electron chi connectivity index (χ0n) is 15.3. The van der Waals surface area contributed by atoms with Gasteiger partial charge in [-0.25, -0.2) is 0 Å². The molecule has 1 saturated heterocycles. The average Bonchev–Trinajstić information content (AvgIpc) is 3.21. The summed E-state index contributed by atoms with van der Waals surface area (Å²) in [6.07, 6.45) is 6.75. The standard InChI is InChI=1S/C20H29NO4/c1-23-18-9-8-15(12-19(18)24-2)13-21(17-6-4-3-5-7-17)20(22)16-10-11-25-14-16/h8-9,12,16-17H,3-7,10-11,13-14H2,1-2H3/t16-/m1/s1. The summed E-state index contributed by atoms with van der Waals surface area (Å²) >= 11 is 0. The highest BCUT2D eigenvalue weighted by atomic mass is 16.5. The number of carbonyl (C=O) groups is 1. The van der Waals surface area contributed by atoms with Crippen molar-refractivity contribution in [2.45, 2.75) is 51.1 Å². The van der Waals surface area contributed by atoms with Crippen LogP contribution < -0.4 is 9.47 Å². The molecule has 0 N–H and O–H groups in total. The van der Waals surface area contributed by atoms with Gasteiger partial charge < -0.3 is 19.1 Å². The van der Waals surface area contributed by atoms with Gasteiger partial charge in [-0.3, -0.25) is 4.79 Å². The predicted octanol–water partition coefficient (Wildman–Crippen LogP) is 3.40. The van der Waals surface area contributed by atoms with E-state index in [0.717, 1.165) is 24.8 Å². The van der Waals surface area contributed by atoms with Crippen molar-refractivity contribution in [3.63, 3.8) is 0 Å². The Kier molecular flexibility index (Phi) is 6.19. The maximum absolute atomic E-state index is 13.1. The van der Waals surface area contributed by atoms with Gasteiger partial charge in [0.25, 0.3) is 0 Å². The summed E-state index contributed by atoms with van der Waals surface area (Å²) in [5, 5.41) is 0. The van der Waals surface area contributed by atoms with E-state index in [4.69, 9.17) is 14.2 Å². The molecule has 0 radical (unpaired) electrons. The van der Waals surface area contributed by atoms with Crippen LogP contribution in [0.2, 0.25) is 0 Å². The molecule has 1 aliphatic carbocycles. The maximum Gasteiger partial charge on any atom is 0.228 e. The molecule has 2 fully saturated rings. The minimum Gasteiger partial charge on any atom is -0.493 e. The van der Waals surface area contributed by atoms with E-state index in [1.54, 1.807) is 14.2 Å². The van der Waals surface area contributed by atoms with Crippen LogP contribution >= 0.6 is 0 Å². The topological polar surface area (TPSA) is 48.0 Å². The molecule has 138 valence electrons. The van der Waals surface area contributed by atoms with Crippen LogP contribution in [-0.4, -0.2) is 44.3 Å². The molecule has 1 aromatic carbocycles. The molecule has 25 heavy (non-hydrogen) atoms. The lowest BCUT2D eigenvalue weighted by atomic mass is 9.92. The molecule has 5 nitrogen and oxygen atoms in total. The third-order valence-electron chi connectivity index (χ3n) is 5.38. The molecule has 1 saturated carbocycles. The molecule has 0 aromatic heterocycles. The van der Waals surface area contributed by atoms with Crippen molar-refractivity contribution in [2.24, 2.45) is 5.92 Å². The first-order valence-electron chi connectivity index (χ1n) is 9.32. The van der Waals surface area contributed by atoms with Gasteiger partial charge in [0.15, 0.2) is 11.5 Å². The van der Waals surface area contributed by atoms with Crippen molar-refractivity contribution < 1.29 is 19.0 Å². The Labute approximate surface area is 150 Å². The quantitative estimate of drug-likeness (QED) is 0.791. The van der Waals surface area contributed by atoms with E-state index < -0.39 is 0 Å². The fraction of sp³-hybridized carbons (Fsp3) is 0.650. The second kappa shape index (κ2) is 8.56. The Morgan fingerprint density at radius 3 is 2.52 bits per heavy atom. The van der Waals surface area contributed by atoms with Crippen LogP contribution in [0, 0.1) is 5.92 Å². The van der Waals surface area contributed by atoms with Crippen LogP contribution in [-0.2, 0) is 16.1 Å². The largest absolute Gasteiger partial charge is 0.493 e. The number of carbonyl (C=O) groups excluding carboxylic acids is 1. The number of nitrogens with zero attached hydrogens (tertiary/aromatic N) is 1. The van der Waals surface area contributed by atoms with Gasteiger partial charge in [-0.1, -0.05) is 25.3 Å². The third-order valence-corrected chi connectivity index (χ3v) is 5.38. The predicted molar refractivity (Wildman–Crippen MR) is 95.9 cm³/mol. The molecule has 1 aromatic rings. The number of amides is 1. The lowest BCUT2D eigenvalue weighted by molar-refractivity contribution is -0.139. The van der Waals surface area contributed by atoms with E-state index in [2.05, 4.69) is 4.90 Å². The van der Waals surface area contributed by atoms with Gasteiger partial charge in [0.2, 0.25) is 5.91 Å². The van der Waals surface area contributed by atoms with Crippen molar-refractivity contribution in [1.82, 2.24) is 4.90 Å². The molecule has 1 heterocycles. The fourth-order valence-corrected chi connectivity index (χ4v) is 3.92. The maximum atomic E-state index is 13.1. The highest BCUT2D eigenvalue weighted by Gasteiger charge is 2.32. The summed E-state index contributed by atoms with van der Waals surface area (Å²) in [5.74, 6) is 1.69. The van der Waals surface area contributed by atoms with E-state index in [1.165, 1.54) is 19.3 Å². The van der Waals surface area contributed by atoms with Crippen LogP contribution in [0.4, 0.5) is 0 Å². The molecule has 1 amide bonds. The van der Waals surface area contributed by atoms with Crippen molar-refractivity contribution in [3.05, 3.63) is 23.8 Å². The number of hydrogen-bond donors (Lipinski definition) is 0. The normalized spacial score (nSPS) is 21.1. The van der Waals surface area contributed by atoms with Crippen LogP contribution in [0.1, 0.15) is 44.1 Å². The van der Waals surface area contributed by atoms with Gasteiger partial charge >= 0.3 is 0 Å². The highest BCUT2D eigenvalue weighted by molar-refractivity contribution is 5.79. The van der Waals surface area contributed by atoms with Gasteiger partial charge in [-0.05, 0) is 37.0 Å². The molecule has 3 rings (SSSR count). The van der Waals surface area contributed by atoms with Gasteiger partial charge in [0.05, 0.1) is 26.7 Å². The van der Waals surface area contributed by atoms with Crippen molar-refractivity contribution in [3.8, 4) is 11.5 Å². The Morgan fingerprint density at radius 2 is 1.88 bits per heavy atom. The molecule has 0 bridgehead atoms. The van der Waals surface area contributed by atoms with Gasteiger partial charge in [0.1, 0.15) is 0 Å². The summed E-state index contributed by atoms with van der Waals surface area (Å²) < 4.78 is 16.2. The highest BCUT2D eigenvalue weighted by Crippen LogP contribution is 2.31. The molecular formula is C20H29NO4. The molecular weight excluding hydrogens is 318 g/mol. The van der Waals surface area contributed by atoms with E-state index >= 15 is 0 Å². The first-order valence-corrected chi connectivity index (χ1v) is 9.32.